The zero-order chi connectivity index (χ0) is 18.4. The second-order valence-corrected chi connectivity index (χ2v) is 6.20. The smallest absolute Gasteiger partial charge is 0.346 e. The van der Waals surface area contributed by atoms with E-state index in [2.05, 4.69) is 16.8 Å². The van der Waals surface area contributed by atoms with Crippen molar-refractivity contribution >= 4 is 17.7 Å². The van der Waals surface area contributed by atoms with E-state index in [0.717, 1.165) is 22.9 Å². The molecule has 0 saturated heterocycles. The maximum absolute atomic E-state index is 12.1. The van der Waals surface area contributed by atoms with Gasteiger partial charge >= 0.3 is 6.18 Å². The molecule has 5 nitrogen and oxygen atoms in total. The van der Waals surface area contributed by atoms with Crippen molar-refractivity contribution in [1.29, 1.82) is 0 Å². The Labute approximate surface area is 147 Å². The van der Waals surface area contributed by atoms with Crippen LogP contribution in [0.3, 0.4) is 0 Å². The molecule has 2 aromatic rings. The van der Waals surface area contributed by atoms with Gasteiger partial charge in [0.1, 0.15) is 6.54 Å². The summed E-state index contributed by atoms with van der Waals surface area (Å²) in [5.41, 5.74) is 1.93. The van der Waals surface area contributed by atoms with Crippen molar-refractivity contribution in [2.75, 3.05) is 12.3 Å². The fourth-order valence-electron chi connectivity index (χ4n) is 2.07. The van der Waals surface area contributed by atoms with Crippen LogP contribution in [0.1, 0.15) is 5.56 Å². The predicted molar refractivity (Wildman–Crippen MR) is 90.2 cm³/mol. The Balaban J connectivity index is 2.11. The standard InChI is InChI=1S/C16H17F3N4OS/c1-3-7-23-14(12-6-4-5-11(2)8-12)21-22-15(23)25-9-13(24)20-10-16(17,18)19/h3-6,8H,1,7,9-10H2,2H3,(H,20,24). The lowest BCUT2D eigenvalue weighted by molar-refractivity contribution is -0.136. The first-order valence-corrected chi connectivity index (χ1v) is 8.36. The number of hydrogen-bond donors (Lipinski definition) is 1. The van der Waals surface area contributed by atoms with Crippen LogP contribution < -0.4 is 5.32 Å². The number of aromatic nitrogens is 3. The molecule has 25 heavy (non-hydrogen) atoms. The molecule has 1 N–H and O–H groups in total. The summed E-state index contributed by atoms with van der Waals surface area (Å²) in [5, 5.41) is 10.5. The van der Waals surface area contributed by atoms with E-state index in [4.69, 9.17) is 0 Å². The molecule has 2 rings (SSSR count). The van der Waals surface area contributed by atoms with Gasteiger partial charge in [-0.05, 0) is 13.0 Å². The molecular formula is C16H17F3N4OS. The lowest BCUT2D eigenvalue weighted by Crippen LogP contribution is -2.34. The summed E-state index contributed by atoms with van der Waals surface area (Å²) in [7, 11) is 0. The van der Waals surface area contributed by atoms with Gasteiger partial charge in [0.05, 0.1) is 5.75 Å². The molecule has 1 aromatic heterocycles. The van der Waals surface area contributed by atoms with E-state index >= 15 is 0 Å². The van der Waals surface area contributed by atoms with Gasteiger partial charge < -0.3 is 5.32 Å². The van der Waals surface area contributed by atoms with Crippen molar-refractivity contribution in [2.45, 2.75) is 24.8 Å². The second-order valence-electron chi connectivity index (χ2n) is 5.26. The number of thioether (sulfide) groups is 1. The fourth-order valence-corrected chi connectivity index (χ4v) is 2.84. The highest BCUT2D eigenvalue weighted by molar-refractivity contribution is 7.99. The number of nitrogens with zero attached hydrogens (tertiary/aromatic N) is 3. The molecule has 0 aliphatic carbocycles. The van der Waals surface area contributed by atoms with Crippen LogP contribution in [0.4, 0.5) is 13.2 Å². The van der Waals surface area contributed by atoms with Crippen molar-refractivity contribution in [3.63, 3.8) is 0 Å². The quantitative estimate of drug-likeness (QED) is 0.601. The number of alkyl halides is 3. The van der Waals surface area contributed by atoms with E-state index in [1.54, 1.807) is 10.6 Å². The Morgan fingerprint density at radius 3 is 2.80 bits per heavy atom. The van der Waals surface area contributed by atoms with Crippen molar-refractivity contribution in [1.82, 2.24) is 20.1 Å². The van der Waals surface area contributed by atoms with Crippen molar-refractivity contribution in [3.8, 4) is 11.4 Å². The Kier molecular flexibility index (Phi) is 6.24. The third-order valence-electron chi connectivity index (χ3n) is 3.12. The Morgan fingerprint density at radius 1 is 1.40 bits per heavy atom. The van der Waals surface area contributed by atoms with Crippen molar-refractivity contribution in [3.05, 3.63) is 42.5 Å². The highest BCUT2D eigenvalue weighted by Crippen LogP contribution is 2.24. The maximum Gasteiger partial charge on any atom is 0.405 e. The fraction of sp³-hybridized carbons (Fsp3) is 0.312. The first-order valence-electron chi connectivity index (χ1n) is 7.37. The maximum atomic E-state index is 12.1. The zero-order valence-electron chi connectivity index (χ0n) is 13.5. The molecule has 0 bridgehead atoms. The number of carbonyl (C=O) groups excluding carboxylic acids is 1. The summed E-state index contributed by atoms with van der Waals surface area (Å²) >= 11 is 1.03. The van der Waals surface area contributed by atoms with Crippen molar-refractivity contribution < 1.29 is 18.0 Å². The third kappa shape index (κ3) is 5.63. The van der Waals surface area contributed by atoms with Crippen LogP contribution in [0.25, 0.3) is 11.4 Å². The molecule has 134 valence electrons. The number of rotatable bonds is 7. The molecule has 1 aromatic carbocycles. The Morgan fingerprint density at radius 2 is 2.16 bits per heavy atom. The Hall–Kier alpha value is -2.29. The molecule has 0 unspecified atom stereocenters. The molecule has 0 radical (unpaired) electrons. The SMILES string of the molecule is C=CCn1c(SCC(=O)NCC(F)(F)F)nnc1-c1cccc(C)c1. The normalized spacial score (nSPS) is 11.4. The van der Waals surface area contributed by atoms with Gasteiger partial charge in [-0.25, -0.2) is 0 Å². The number of amides is 1. The minimum Gasteiger partial charge on any atom is -0.346 e. The summed E-state index contributed by atoms with van der Waals surface area (Å²) < 4.78 is 38.1. The molecule has 0 fully saturated rings. The van der Waals surface area contributed by atoms with E-state index < -0.39 is 18.6 Å². The zero-order valence-corrected chi connectivity index (χ0v) is 14.3. The average molecular weight is 370 g/mol. The summed E-state index contributed by atoms with van der Waals surface area (Å²) in [6, 6.07) is 7.70. The topological polar surface area (TPSA) is 59.8 Å². The van der Waals surface area contributed by atoms with E-state index in [0.29, 0.717) is 17.5 Å². The van der Waals surface area contributed by atoms with Gasteiger partial charge in [-0.2, -0.15) is 13.2 Å². The van der Waals surface area contributed by atoms with Gasteiger partial charge in [-0.3, -0.25) is 9.36 Å². The molecule has 0 spiro atoms. The number of benzene rings is 1. The van der Waals surface area contributed by atoms with Gasteiger partial charge in [-0.15, -0.1) is 16.8 Å². The second kappa shape index (κ2) is 8.19. The molecule has 0 saturated carbocycles. The molecular weight excluding hydrogens is 353 g/mol. The molecule has 1 amide bonds. The summed E-state index contributed by atoms with van der Waals surface area (Å²) in [6.45, 7) is 4.72. The van der Waals surface area contributed by atoms with Crippen LogP contribution in [-0.4, -0.2) is 39.1 Å². The number of nitrogens with one attached hydrogen (secondary N) is 1. The third-order valence-corrected chi connectivity index (χ3v) is 4.09. The number of halogens is 3. The van der Waals surface area contributed by atoms with Gasteiger partial charge in [0, 0.05) is 12.1 Å². The average Bonchev–Trinajstić information content (AvgIpc) is 2.93. The molecule has 1 heterocycles. The lowest BCUT2D eigenvalue weighted by Gasteiger charge is -2.09. The first-order chi connectivity index (χ1) is 11.8. The highest BCUT2D eigenvalue weighted by atomic mass is 32.2. The van der Waals surface area contributed by atoms with Crippen LogP contribution >= 0.6 is 11.8 Å². The monoisotopic (exact) mass is 370 g/mol. The van der Waals surface area contributed by atoms with Gasteiger partial charge in [0.25, 0.3) is 0 Å². The predicted octanol–water partition coefficient (Wildman–Crippen LogP) is 3.21. The number of hydrogen-bond acceptors (Lipinski definition) is 4. The van der Waals surface area contributed by atoms with Gasteiger partial charge in [0.2, 0.25) is 5.91 Å². The van der Waals surface area contributed by atoms with E-state index in [9.17, 15) is 18.0 Å². The largest absolute Gasteiger partial charge is 0.405 e. The minimum atomic E-state index is -4.43. The number of allylic oxidation sites excluding steroid dienone is 1. The van der Waals surface area contributed by atoms with Crippen LogP contribution in [-0.2, 0) is 11.3 Å². The first kappa shape index (κ1) is 19.0. The molecule has 9 heteroatoms. The summed E-state index contributed by atoms with van der Waals surface area (Å²) in [4.78, 5) is 11.5. The van der Waals surface area contributed by atoms with Crippen molar-refractivity contribution in [2.24, 2.45) is 0 Å². The van der Waals surface area contributed by atoms with Crippen LogP contribution in [0, 0.1) is 6.92 Å². The van der Waals surface area contributed by atoms with Crippen LogP contribution in [0.5, 0.6) is 0 Å². The van der Waals surface area contributed by atoms with E-state index in [1.807, 2.05) is 36.5 Å². The molecule has 0 aliphatic heterocycles. The summed E-state index contributed by atoms with van der Waals surface area (Å²) in [6.07, 6.45) is -2.77. The summed E-state index contributed by atoms with van der Waals surface area (Å²) in [5.74, 6) is -0.284. The molecule has 0 aliphatic rings. The highest BCUT2D eigenvalue weighted by Gasteiger charge is 2.27. The van der Waals surface area contributed by atoms with Gasteiger partial charge in [-0.1, -0.05) is 41.6 Å². The molecule has 0 atom stereocenters. The minimum absolute atomic E-state index is 0.181. The Bertz CT molecular complexity index is 758. The lowest BCUT2D eigenvalue weighted by atomic mass is 10.1. The van der Waals surface area contributed by atoms with Crippen LogP contribution in [0.2, 0.25) is 0 Å². The number of aryl methyl sites for hydroxylation is 1. The van der Waals surface area contributed by atoms with E-state index in [1.165, 1.54) is 0 Å². The number of carbonyl (C=O) groups is 1. The van der Waals surface area contributed by atoms with Gasteiger partial charge in [0.15, 0.2) is 11.0 Å². The van der Waals surface area contributed by atoms with E-state index in [-0.39, 0.29) is 5.75 Å². The van der Waals surface area contributed by atoms with Crippen LogP contribution in [0.15, 0.2) is 42.1 Å².